The molecule has 0 amide bonds. The number of hydrogen-bond acceptors (Lipinski definition) is 5. The number of rotatable bonds is 4. The maximum atomic E-state index is 13.1. The van der Waals surface area contributed by atoms with Crippen molar-refractivity contribution in [1.29, 1.82) is 0 Å². The zero-order chi connectivity index (χ0) is 18.0. The molecule has 6 nitrogen and oxygen atoms in total. The van der Waals surface area contributed by atoms with Crippen LogP contribution < -0.4 is 4.90 Å². The molecule has 9 heteroatoms. The van der Waals surface area contributed by atoms with Gasteiger partial charge in [0.15, 0.2) is 17.7 Å². The first kappa shape index (κ1) is 18.1. The van der Waals surface area contributed by atoms with Crippen LogP contribution in [0.3, 0.4) is 0 Å². The van der Waals surface area contributed by atoms with Gasteiger partial charge in [0.25, 0.3) is 0 Å². The summed E-state index contributed by atoms with van der Waals surface area (Å²) in [6.07, 6.45) is 0. The topological polar surface area (TPSA) is 53.5 Å². The van der Waals surface area contributed by atoms with Gasteiger partial charge in [-0.2, -0.15) is 4.68 Å². The van der Waals surface area contributed by atoms with E-state index in [1.807, 2.05) is 11.6 Å². The zero-order valence-corrected chi connectivity index (χ0v) is 15.7. The van der Waals surface area contributed by atoms with Gasteiger partial charge in [0.2, 0.25) is 4.77 Å². The molecule has 0 saturated carbocycles. The predicted molar refractivity (Wildman–Crippen MR) is 96.4 cm³/mol. The molecule has 0 radical (unpaired) electrons. The molecule has 0 spiro atoms. The molecule has 2 aromatic rings. The normalized spacial score (nSPS) is 20.4. The van der Waals surface area contributed by atoms with Crippen LogP contribution in [0.4, 0.5) is 4.39 Å². The van der Waals surface area contributed by atoms with Crippen molar-refractivity contribution in [2.45, 2.75) is 11.9 Å². The standard InChI is InChI=1S/C16H19FN4O2S2/c1-19-14(11-3-5-12(17)6-4-11)18-21(16(19)24)10-20-7-8-25-13(9-20)15(22)23-2/h3-6,13H,7-10H2,1-2H3/p+1/t13-/m1/s1. The minimum atomic E-state index is -0.284. The Morgan fingerprint density at radius 1 is 1.48 bits per heavy atom. The third-order valence-corrected chi connectivity index (χ3v) is 5.92. The molecule has 1 aliphatic rings. The fourth-order valence-electron chi connectivity index (χ4n) is 2.85. The molecule has 2 heterocycles. The average molecular weight is 383 g/mol. The molecule has 1 unspecified atom stereocenters. The zero-order valence-electron chi connectivity index (χ0n) is 14.1. The molecule has 25 heavy (non-hydrogen) atoms. The highest BCUT2D eigenvalue weighted by Crippen LogP contribution is 2.17. The monoisotopic (exact) mass is 383 g/mol. The lowest BCUT2D eigenvalue weighted by Gasteiger charge is -2.27. The Morgan fingerprint density at radius 3 is 2.88 bits per heavy atom. The number of nitrogens with one attached hydrogen (secondary N) is 1. The van der Waals surface area contributed by atoms with E-state index in [-0.39, 0.29) is 17.0 Å². The van der Waals surface area contributed by atoms with Gasteiger partial charge in [0.1, 0.15) is 12.4 Å². The van der Waals surface area contributed by atoms with E-state index in [9.17, 15) is 9.18 Å². The lowest BCUT2D eigenvalue weighted by Crippen LogP contribution is -3.14. The number of thioether (sulfide) groups is 1. The first-order valence-electron chi connectivity index (χ1n) is 7.92. The van der Waals surface area contributed by atoms with E-state index in [0.29, 0.717) is 23.8 Å². The van der Waals surface area contributed by atoms with Crippen molar-refractivity contribution < 1.29 is 18.8 Å². The van der Waals surface area contributed by atoms with Crippen molar-refractivity contribution in [3.8, 4) is 11.4 Å². The Morgan fingerprint density at radius 2 is 2.20 bits per heavy atom. The number of carbonyl (C=O) groups excluding carboxylic acids is 1. The van der Waals surface area contributed by atoms with Gasteiger partial charge < -0.3 is 14.2 Å². The van der Waals surface area contributed by atoms with Gasteiger partial charge in [0, 0.05) is 18.4 Å². The molecule has 1 N–H and O–H groups in total. The van der Waals surface area contributed by atoms with E-state index < -0.39 is 0 Å². The lowest BCUT2D eigenvalue weighted by atomic mass is 10.2. The van der Waals surface area contributed by atoms with E-state index in [4.69, 9.17) is 17.0 Å². The van der Waals surface area contributed by atoms with E-state index in [1.165, 1.54) is 24.1 Å². The minimum Gasteiger partial charge on any atom is -0.468 e. The van der Waals surface area contributed by atoms with Crippen LogP contribution in [0, 0.1) is 10.6 Å². The van der Waals surface area contributed by atoms with Crippen LogP contribution >= 0.6 is 24.0 Å². The van der Waals surface area contributed by atoms with Gasteiger partial charge in [-0.15, -0.1) is 16.9 Å². The van der Waals surface area contributed by atoms with Crippen molar-refractivity contribution in [2.24, 2.45) is 7.05 Å². The molecule has 1 aromatic carbocycles. The van der Waals surface area contributed by atoms with Gasteiger partial charge >= 0.3 is 5.97 Å². The van der Waals surface area contributed by atoms with Crippen LogP contribution in [0.5, 0.6) is 0 Å². The van der Waals surface area contributed by atoms with Crippen molar-refractivity contribution in [3.63, 3.8) is 0 Å². The number of aromatic nitrogens is 3. The summed E-state index contributed by atoms with van der Waals surface area (Å²) in [4.78, 5) is 13.0. The van der Waals surface area contributed by atoms with Gasteiger partial charge in [0.05, 0.1) is 13.7 Å². The second-order valence-electron chi connectivity index (χ2n) is 5.92. The molecule has 2 atom stereocenters. The number of hydrogen-bond donors (Lipinski definition) is 1. The Balaban J connectivity index is 1.79. The van der Waals surface area contributed by atoms with Crippen LogP contribution in [0.2, 0.25) is 0 Å². The third-order valence-electron chi connectivity index (χ3n) is 4.23. The Kier molecular flexibility index (Phi) is 5.55. The Hall–Kier alpha value is -1.71. The summed E-state index contributed by atoms with van der Waals surface area (Å²) in [5.41, 5.74) is 0.811. The Bertz CT molecular complexity index is 819. The average Bonchev–Trinajstić information content (AvgIpc) is 2.90. The fraction of sp³-hybridized carbons (Fsp3) is 0.438. The molecular formula is C16H20FN4O2S2+. The summed E-state index contributed by atoms with van der Waals surface area (Å²) in [6.45, 7) is 2.20. The summed E-state index contributed by atoms with van der Waals surface area (Å²) < 4.78 is 22.2. The first-order chi connectivity index (χ1) is 12.0. The summed E-state index contributed by atoms with van der Waals surface area (Å²) >= 11 is 7.12. The quantitative estimate of drug-likeness (QED) is 0.628. The van der Waals surface area contributed by atoms with Gasteiger partial charge in [-0.3, -0.25) is 4.79 Å². The van der Waals surface area contributed by atoms with E-state index in [1.54, 1.807) is 28.6 Å². The molecule has 1 fully saturated rings. The number of esters is 1. The number of benzene rings is 1. The van der Waals surface area contributed by atoms with Crippen molar-refractivity contribution in [1.82, 2.24) is 14.3 Å². The first-order valence-corrected chi connectivity index (χ1v) is 9.38. The lowest BCUT2D eigenvalue weighted by molar-refractivity contribution is -0.921. The molecule has 1 aliphatic heterocycles. The number of ether oxygens (including phenoxy) is 1. The maximum absolute atomic E-state index is 13.1. The van der Waals surface area contributed by atoms with E-state index >= 15 is 0 Å². The summed E-state index contributed by atoms with van der Waals surface area (Å²) in [7, 11) is 3.27. The largest absolute Gasteiger partial charge is 0.468 e. The van der Waals surface area contributed by atoms with Crippen molar-refractivity contribution in [3.05, 3.63) is 34.9 Å². The predicted octanol–water partition coefficient (Wildman–Crippen LogP) is 0.888. The van der Waals surface area contributed by atoms with Crippen LogP contribution in [0.15, 0.2) is 24.3 Å². The number of methoxy groups -OCH3 is 1. The molecule has 134 valence electrons. The summed E-state index contributed by atoms with van der Waals surface area (Å²) in [5, 5.41) is 4.45. The number of quaternary nitrogens is 1. The molecule has 3 rings (SSSR count). The van der Waals surface area contributed by atoms with E-state index in [0.717, 1.165) is 17.9 Å². The molecular weight excluding hydrogens is 363 g/mol. The molecule has 0 aliphatic carbocycles. The Labute approximate surface area is 154 Å². The van der Waals surface area contributed by atoms with Crippen LogP contribution in [-0.4, -0.2) is 51.5 Å². The molecule has 0 bridgehead atoms. The van der Waals surface area contributed by atoms with Gasteiger partial charge in [-0.05, 0) is 36.5 Å². The van der Waals surface area contributed by atoms with Gasteiger partial charge in [-0.25, -0.2) is 4.39 Å². The summed E-state index contributed by atoms with van der Waals surface area (Å²) in [5.74, 6) is 1.12. The number of carbonyl (C=O) groups is 1. The summed E-state index contributed by atoms with van der Waals surface area (Å²) in [6, 6.07) is 6.19. The maximum Gasteiger partial charge on any atom is 0.324 e. The smallest absolute Gasteiger partial charge is 0.324 e. The van der Waals surface area contributed by atoms with Crippen LogP contribution in [0.1, 0.15) is 0 Å². The highest BCUT2D eigenvalue weighted by molar-refractivity contribution is 8.00. The fourth-order valence-corrected chi connectivity index (χ4v) is 4.32. The third kappa shape index (κ3) is 3.94. The van der Waals surface area contributed by atoms with Crippen LogP contribution in [0.25, 0.3) is 11.4 Å². The minimum absolute atomic E-state index is 0.150. The second-order valence-corrected chi connectivity index (χ2v) is 7.59. The molecule has 1 saturated heterocycles. The highest BCUT2D eigenvalue weighted by atomic mass is 32.2. The number of nitrogens with zero attached hydrogens (tertiary/aromatic N) is 3. The van der Waals surface area contributed by atoms with Crippen molar-refractivity contribution >= 4 is 29.9 Å². The van der Waals surface area contributed by atoms with Gasteiger partial charge in [-0.1, -0.05) is 0 Å². The SMILES string of the molecule is COC(=O)[C@H]1C[NH+](Cn2nc(-c3ccc(F)cc3)n(C)c2=S)CCS1. The van der Waals surface area contributed by atoms with Crippen LogP contribution in [-0.2, 0) is 23.2 Å². The second kappa shape index (κ2) is 7.67. The molecule has 1 aromatic heterocycles. The van der Waals surface area contributed by atoms with Crippen molar-refractivity contribution in [2.75, 3.05) is 26.0 Å². The number of halogens is 1. The van der Waals surface area contributed by atoms with E-state index in [2.05, 4.69) is 5.10 Å². The highest BCUT2D eigenvalue weighted by Gasteiger charge is 2.30.